The third-order valence-corrected chi connectivity index (χ3v) is 0. The van der Waals surface area contributed by atoms with Gasteiger partial charge in [-0.05, 0) is 0 Å². The van der Waals surface area contributed by atoms with Gasteiger partial charge in [0.05, 0.1) is 0 Å². The molecule has 0 unspecified atom stereocenters. The van der Waals surface area contributed by atoms with Crippen LogP contribution in [0.3, 0.4) is 0 Å². The van der Waals surface area contributed by atoms with Crippen molar-refractivity contribution < 1.29 is 19.5 Å². The molecule has 0 heterocycles. The summed E-state index contributed by atoms with van der Waals surface area (Å²) in [5.41, 5.74) is 0. The van der Waals surface area contributed by atoms with Crippen LogP contribution in [0.5, 0.6) is 0 Å². The van der Waals surface area contributed by atoms with Gasteiger partial charge in [0, 0.05) is 0 Å². The first-order valence-corrected chi connectivity index (χ1v) is 1.95. The molecule has 0 atom stereocenters. The second-order valence-electron chi connectivity index (χ2n) is 0.283. The van der Waals surface area contributed by atoms with Crippen LogP contribution in [0.4, 0.5) is 0 Å². The monoisotopic (exact) mass is 208 g/mol. The summed E-state index contributed by atoms with van der Waals surface area (Å²) < 4.78 is 8.74. The Morgan fingerprint density at radius 1 is 1.25 bits per heavy atom. The fourth-order valence-electron chi connectivity index (χ4n) is 0. The van der Waals surface area contributed by atoms with Crippen molar-refractivity contribution in [3.63, 3.8) is 0 Å². The molecule has 4 nitrogen and oxygen atoms in total. The van der Waals surface area contributed by atoms with Crippen molar-refractivity contribution in [1.82, 2.24) is 0 Å². The molecule has 44 valence electrons. The van der Waals surface area contributed by atoms with Crippen molar-refractivity contribution in [3.8, 4) is 0 Å². The maximum atomic E-state index is 8.74. The van der Waals surface area contributed by atoms with E-state index in [4.69, 9.17) is 14.1 Å². The SMILES string of the molecule is O.O=[Si](O)O.[AlH3].[CaH2].[KH]. The zero-order valence-electron chi connectivity index (χ0n) is 2.30. The van der Waals surface area contributed by atoms with Gasteiger partial charge in [0.15, 0.2) is 17.4 Å². The summed E-state index contributed by atoms with van der Waals surface area (Å²) in [6, 6.07) is 0. The average Bonchev–Trinajstić information content (AvgIpc) is 0.811. The molecule has 0 aromatic heterocycles. The minimum atomic E-state index is -3.13. The molecule has 0 amide bonds. The van der Waals surface area contributed by atoms with Crippen LogP contribution in [0.25, 0.3) is 0 Å². The molecule has 0 aliphatic rings. The molecule has 0 bridgehead atoms. The first-order chi connectivity index (χ1) is 1.73. The molecule has 0 aliphatic carbocycles. The van der Waals surface area contributed by atoms with Gasteiger partial charge in [-0.3, -0.25) is 4.46 Å². The summed E-state index contributed by atoms with van der Waals surface area (Å²) in [7, 11) is -3.13. The second kappa shape index (κ2) is 22.5. The normalized spacial score (nSPS) is 3.00. The number of hydrogen-bond donors (Lipinski definition) is 2. The van der Waals surface area contributed by atoms with E-state index in [0.717, 1.165) is 0 Å². The summed E-state index contributed by atoms with van der Waals surface area (Å²) >= 11 is 0. The van der Waals surface area contributed by atoms with Crippen molar-refractivity contribution in [3.05, 3.63) is 0 Å². The van der Waals surface area contributed by atoms with Gasteiger partial charge < -0.3 is 15.1 Å². The van der Waals surface area contributed by atoms with Crippen LogP contribution in [0.1, 0.15) is 0 Å². The summed E-state index contributed by atoms with van der Waals surface area (Å²) in [6.07, 6.45) is 0. The van der Waals surface area contributed by atoms with Crippen molar-refractivity contribution in [2.75, 3.05) is 0 Å². The van der Waals surface area contributed by atoms with Gasteiger partial charge in [-0.25, -0.2) is 0 Å². The molecule has 0 radical (unpaired) electrons. The standard InChI is InChI=1S/Al.Ca.K.H2O3Si.H2O.6H/c;;;1-4(2)3;;;;;;;/h;;;1-2H;1H2;;;;;;. The Kier molecular flexibility index (Phi) is 85.9. The third-order valence-electron chi connectivity index (χ3n) is 0. The van der Waals surface area contributed by atoms with Gasteiger partial charge in [0.2, 0.25) is 0 Å². The molecule has 8 heteroatoms. The molecule has 0 aromatic carbocycles. The summed E-state index contributed by atoms with van der Waals surface area (Å²) in [4.78, 5) is 14.3. The maximum absolute atomic E-state index is 8.74. The van der Waals surface area contributed by atoms with Crippen molar-refractivity contribution in [2.45, 2.75) is 0 Å². The van der Waals surface area contributed by atoms with Gasteiger partial charge in [-0.2, -0.15) is 0 Å². The Morgan fingerprint density at radius 2 is 1.25 bits per heavy atom. The third kappa shape index (κ3) is 63.9. The minimum absolute atomic E-state index is 0. The van der Waals surface area contributed by atoms with Crippen molar-refractivity contribution in [2.24, 2.45) is 0 Å². The Hall–Kier alpha value is 3.01. The van der Waals surface area contributed by atoms with E-state index in [0.29, 0.717) is 0 Å². The van der Waals surface area contributed by atoms with E-state index in [1.807, 2.05) is 0 Å². The molecule has 8 heavy (non-hydrogen) atoms. The van der Waals surface area contributed by atoms with Gasteiger partial charge in [0.25, 0.3) is 0 Å². The quantitative estimate of drug-likeness (QED) is 0.390. The molecule has 0 spiro atoms. The van der Waals surface area contributed by atoms with E-state index in [2.05, 4.69) is 0 Å². The van der Waals surface area contributed by atoms with E-state index in [-0.39, 0.29) is 112 Å². The van der Waals surface area contributed by atoms with Crippen LogP contribution in [-0.2, 0) is 4.46 Å². The summed E-state index contributed by atoms with van der Waals surface area (Å²) in [5.74, 6) is 0. The fourth-order valence-corrected chi connectivity index (χ4v) is 0. The molecule has 0 aromatic rings. The van der Waals surface area contributed by atoms with E-state index < -0.39 is 9.17 Å². The Balaban J connectivity index is -0.00000000750. The predicted octanol–water partition coefficient (Wildman–Crippen LogP) is -5.19. The van der Waals surface area contributed by atoms with Gasteiger partial charge in [0.1, 0.15) is 0 Å². The predicted molar refractivity (Wildman–Crippen MR) is 40.1 cm³/mol. The van der Waals surface area contributed by atoms with Crippen molar-refractivity contribution >= 4 is 116 Å². The van der Waals surface area contributed by atoms with Gasteiger partial charge in [-0.15, -0.1) is 0 Å². The second-order valence-corrected chi connectivity index (χ2v) is 0.848. The number of rotatable bonds is 0. The summed E-state index contributed by atoms with van der Waals surface area (Å²) in [6.45, 7) is 0. The first-order valence-electron chi connectivity index (χ1n) is 0.651. The first kappa shape index (κ1) is 30.5. The van der Waals surface area contributed by atoms with Crippen LogP contribution < -0.4 is 0 Å². The van der Waals surface area contributed by atoms with Crippen LogP contribution in [0.15, 0.2) is 0 Å². The molecule has 0 saturated heterocycles. The van der Waals surface area contributed by atoms with Crippen LogP contribution in [-0.4, -0.2) is 131 Å². The van der Waals surface area contributed by atoms with Gasteiger partial charge >= 0.3 is 98.3 Å². The fraction of sp³-hybridized carbons (Fsp3) is 0. The van der Waals surface area contributed by atoms with Crippen LogP contribution in [0.2, 0.25) is 0 Å². The van der Waals surface area contributed by atoms with Gasteiger partial charge in [-0.1, -0.05) is 0 Å². The molecule has 0 fully saturated rings. The molecule has 0 saturated carbocycles. The molecule has 0 aliphatic heterocycles. The van der Waals surface area contributed by atoms with Crippen LogP contribution >= 0.6 is 0 Å². The zero-order chi connectivity index (χ0) is 3.58. The Labute approximate surface area is 132 Å². The van der Waals surface area contributed by atoms with Crippen LogP contribution in [0, 0.1) is 0 Å². The average molecular weight is 208 g/mol. The summed E-state index contributed by atoms with van der Waals surface area (Å²) in [5, 5.41) is 0. The molecule has 4 N–H and O–H groups in total. The topological polar surface area (TPSA) is 89.0 Å². The Bertz CT molecular complexity index is 39.0. The van der Waals surface area contributed by atoms with E-state index >= 15 is 0 Å². The molecular formula is H10AlCaKO4Si. The molecular weight excluding hydrogens is 198 g/mol. The van der Waals surface area contributed by atoms with E-state index in [9.17, 15) is 0 Å². The Morgan fingerprint density at radius 3 is 1.25 bits per heavy atom. The van der Waals surface area contributed by atoms with E-state index in [1.165, 1.54) is 0 Å². The van der Waals surface area contributed by atoms with Crippen molar-refractivity contribution in [1.29, 1.82) is 0 Å². The zero-order valence-corrected chi connectivity index (χ0v) is 3.30. The number of hydrogen-bond acceptors (Lipinski definition) is 1. The molecule has 0 rings (SSSR count). The van der Waals surface area contributed by atoms with E-state index in [1.54, 1.807) is 0 Å².